The van der Waals surface area contributed by atoms with Crippen LogP contribution in [0.3, 0.4) is 0 Å². The zero-order chi connectivity index (χ0) is 9.78. The standard InChI is InChI=1S/C9H16N2O/c1-6-9(3,4)11-8(12)7(2)10-5/h1,7,10H,2-5H3,(H,11,12). The monoisotopic (exact) mass is 168 g/mol. The smallest absolute Gasteiger partial charge is 0.238 e. The third kappa shape index (κ3) is 3.40. The molecule has 1 amide bonds. The number of amides is 1. The summed E-state index contributed by atoms with van der Waals surface area (Å²) in [6.07, 6.45) is 5.21. The molecule has 0 aliphatic rings. The first-order valence-electron chi connectivity index (χ1n) is 3.90. The van der Waals surface area contributed by atoms with Crippen molar-refractivity contribution in [2.45, 2.75) is 32.4 Å². The maximum atomic E-state index is 11.3. The van der Waals surface area contributed by atoms with Gasteiger partial charge in [0.1, 0.15) is 0 Å². The average molecular weight is 168 g/mol. The summed E-state index contributed by atoms with van der Waals surface area (Å²) in [5.41, 5.74) is -0.567. The summed E-state index contributed by atoms with van der Waals surface area (Å²) >= 11 is 0. The lowest BCUT2D eigenvalue weighted by Crippen LogP contribution is -2.49. The Hall–Kier alpha value is -1.01. The minimum atomic E-state index is -0.567. The van der Waals surface area contributed by atoms with Crippen LogP contribution in [0.2, 0.25) is 0 Å². The van der Waals surface area contributed by atoms with Gasteiger partial charge in [0.05, 0.1) is 11.6 Å². The summed E-state index contributed by atoms with van der Waals surface area (Å²) < 4.78 is 0. The van der Waals surface area contributed by atoms with E-state index in [-0.39, 0.29) is 11.9 Å². The van der Waals surface area contributed by atoms with Gasteiger partial charge in [-0.1, -0.05) is 5.92 Å². The molecular weight excluding hydrogens is 152 g/mol. The highest BCUT2D eigenvalue weighted by Crippen LogP contribution is 1.98. The van der Waals surface area contributed by atoms with Gasteiger partial charge < -0.3 is 10.6 Å². The molecule has 0 rings (SSSR count). The molecule has 0 aromatic carbocycles. The van der Waals surface area contributed by atoms with E-state index in [9.17, 15) is 4.79 Å². The van der Waals surface area contributed by atoms with Gasteiger partial charge in [-0.15, -0.1) is 6.42 Å². The molecule has 0 aromatic rings. The molecule has 68 valence electrons. The average Bonchev–Trinajstić information content (AvgIpc) is 2.02. The molecule has 0 aliphatic carbocycles. The molecule has 1 unspecified atom stereocenters. The van der Waals surface area contributed by atoms with Crippen LogP contribution < -0.4 is 10.6 Å². The molecule has 3 heteroatoms. The van der Waals surface area contributed by atoms with Crippen molar-refractivity contribution in [1.82, 2.24) is 10.6 Å². The van der Waals surface area contributed by atoms with E-state index in [0.29, 0.717) is 0 Å². The lowest BCUT2D eigenvalue weighted by Gasteiger charge is -2.21. The Labute approximate surface area is 73.9 Å². The number of carbonyl (C=O) groups excluding carboxylic acids is 1. The van der Waals surface area contributed by atoms with Gasteiger partial charge in [0, 0.05) is 0 Å². The fraction of sp³-hybridized carbons (Fsp3) is 0.667. The molecule has 3 nitrogen and oxygen atoms in total. The summed E-state index contributed by atoms with van der Waals surface area (Å²) in [5.74, 6) is 2.41. The second-order valence-corrected chi connectivity index (χ2v) is 3.27. The quantitative estimate of drug-likeness (QED) is 0.588. The molecule has 0 spiro atoms. The van der Waals surface area contributed by atoms with Crippen LogP contribution >= 0.6 is 0 Å². The number of terminal acetylenes is 1. The summed E-state index contributed by atoms with van der Waals surface area (Å²) in [6.45, 7) is 5.35. The summed E-state index contributed by atoms with van der Waals surface area (Å²) in [5, 5.41) is 5.55. The van der Waals surface area contributed by atoms with Crippen LogP contribution in [0.4, 0.5) is 0 Å². The predicted octanol–water partition coefficient (Wildman–Crippen LogP) is 0.122. The predicted molar refractivity (Wildman–Crippen MR) is 49.6 cm³/mol. The molecular formula is C9H16N2O. The molecule has 0 aromatic heterocycles. The first-order chi connectivity index (χ1) is 5.43. The summed E-state index contributed by atoms with van der Waals surface area (Å²) in [6, 6.07) is -0.211. The van der Waals surface area contributed by atoms with Gasteiger partial charge in [-0.25, -0.2) is 0 Å². The largest absolute Gasteiger partial charge is 0.339 e. The SMILES string of the molecule is C#CC(C)(C)NC(=O)C(C)NC. The molecule has 0 saturated heterocycles. The van der Waals surface area contributed by atoms with Crippen LogP contribution in [0, 0.1) is 12.3 Å². The molecule has 0 saturated carbocycles. The number of carbonyl (C=O) groups is 1. The second-order valence-electron chi connectivity index (χ2n) is 3.27. The van der Waals surface area contributed by atoms with E-state index in [1.165, 1.54) is 0 Å². The van der Waals surface area contributed by atoms with Crippen molar-refractivity contribution < 1.29 is 4.79 Å². The zero-order valence-electron chi connectivity index (χ0n) is 8.06. The highest BCUT2D eigenvalue weighted by atomic mass is 16.2. The van der Waals surface area contributed by atoms with Crippen LogP contribution in [-0.2, 0) is 4.79 Å². The van der Waals surface area contributed by atoms with Crippen molar-refractivity contribution in [3.8, 4) is 12.3 Å². The lowest BCUT2D eigenvalue weighted by molar-refractivity contribution is -0.123. The minimum Gasteiger partial charge on any atom is -0.339 e. The molecule has 2 N–H and O–H groups in total. The highest BCUT2D eigenvalue weighted by Gasteiger charge is 2.19. The zero-order valence-corrected chi connectivity index (χ0v) is 8.06. The van der Waals surface area contributed by atoms with Crippen molar-refractivity contribution in [2.75, 3.05) is 7.05 Å². The Balaban J connectivity index is 4.12. The normalized spacial score (nSPS) is 13.2. The van der Waals surface area contributed by atoms with Crippen LogP contribution in [0.15, 0.2) is 0 Å². The van der Waals surface area contributed by atoms with Gasteiger partial charge in [-0.3, -0.25) is 4.79 Å². The van der Waals surface area contributed by atoms with Crippen LogP contribution in [0.5, 0.6) is 0 Å². The lowest BCUT2D eigenvalue weighted by atomic mass is 10.1. The fourth-order valence-corrected chi connectivity index (χ4v) is 0.583. The Morgan fingerprint density at radius 2 is 2.08 bits per heavy atom. The van der Waals surface area contributed by atoms with E-state index in [0.717, 1.165) is 0 Å². The highest BCUT2D eigenvalue weighted by molar-refractivity contribution is 5.82. The third-order valence-corrected chi connectivity index (χ3v) is 1.62. The van der Waals surface area contributed by atoms with Crippen LogP contribution in [0.1, 0.15) is 20.8 Å². The number of nitrogens with one attached hydrogen (secondary N) is 2. The van der Waals surface area contributed by atoms with E-state index in [1.807, 2.05) is 0 Å². The maximum Gasteiger partial charge on any atom is 0.238 e. The van der Waals surface area contributed by atoms with E-state index >= 15 is 0 Å². The molecule has 0 fully saturated rings. The van der Waals surface area contributed by atoms with E-state index in [4.69, 9.17) is 6.42 Å². The minimum absolute atomic E-state index is 0.0829. The Morgan fingerprint density at radius 3 is 2.42 bits per heavy atom. The Morgan fingerprint density at radius 1 is 1.58 bits per heavy atom. The van der Waals surface area contributed by atoms with Gasteiger partial charge >= 0.3 is 0 Å². The topological polar surface area (TPSA) is 41.1 Å². The maximum absolute atomic E-state index is 11.3. The van der Waals surface area contributed by atoms with Crippen molar-refractivity contribution in [2.24, 2.45) is 0 Å². The van der Waals surface area contributed by atoms with Gasteiger partial charge in [0.2, 0.25) is 5.91 Å². The van der Waals surface area contributed by atoms with Gasteiger partial charge in [0.25, 0.3) is 0 Å². The Kier molecular flexibility index (Phi) is 3.78. The van der Waals surface area contributed by atoms with Crippen LogP contribution in [-0.4, -0.2) is 24.5 Å². The molecule has 1 atom stereocenters. The molecule has 0 radical (unpaired) electrons. The number of hydrogen-bond acceptors (Lipinski definition) is 2. The first-order valence-corrected chi connectivity index (χ1v) is 3.90. The number of hydrogen-bond donors (Lipinski definition) is 2. The van der Waals surface area contributed by atoms with Gasteiger partial charge in [0.15, 0.2) is 0 Å². The van der Waals surface area contributed by atoms with Crippen LogP contribution in [0.25, 0.3) is 0 Å². The first kappa shape index (κ1) is 11.0. The second kappa shape index (κ2) is 4.13. The van der Waals surface area contributed by atoms with Crippen molar-refractivity contribution in [3.63, 3.8) is 0 Å². The van der Waals surface area contributed by atoms with E-state index < -0.39 is 5.54 Å². The van der Waals surface area contributed by atoms with Gasteiger partial charge in [-0.05, 0) is 27.8 Å². The summed E-state index contributed by atoms with van der Waals surface area (Å²) in [4.78, 5) is 11.3. The van der Waals surface area contributed by atoms with Crippen molar-refractivity contribution in [1.29, 1.82) is 0 Å². The molecule has 0 bridgehead atoms. The Bertz CT molecular complexity index is 203. The number of likely N-dealkylation sites (N-methyl/N-ethyl adjacent to an activating group) is 1. The molecule has 0 aliphatic heterocycles. The number of rotatable bonds is 3. The third-order valence-electron chi connectivity index (χ3n) is 1.62. The van der Waals surface area contributed by atoms with Gasteiger partial charge in [-0.2, -0.15) is 0 Å². The van der Waals surface area contributed by atoms with E-state index in [1.54, 1.807) is 27.8 Å². The van der Waals surface area contributed by atoms with Crippen molar-refractivity contribution in [3.05, 3.63) is 0 Å². The molecule has 12 heavy (non-hydrogen) atoms. The summed E-state index contributed by atoms with van der Waals surface area (Å²) in [7, 11) is 1.73. The fourth-order valence-electron chi connectivity index (χ4n) is 0.583. The van der Waals surface area contributed by atoms with Crippen molar-refractivity contribution >= 4 is 5.91 Å². The molecule has 0 heterocycles. The van der Waals surface area contributed by atoms with E-state index in [2.05, 4.69) is 16.6 Å².